The van der Waals surface area contributed by atoms with Crippen LogP contribution in [0.3, 0.4) is 0 Å². The molecule has 1 aromatic heterocycles. The highest BCUT2D eigenvalue weighted by molar-refractivity contribution is 5.94. The molecule has 0 saturated carbocycles. The normalized spacial score (nSPS) is 10.9. The monoisotopic (exact) mass is 236 g/mol. The number of nitrogen functional groups attached to an aromatic ring is 1. The summed E-state index contributed by atoms with van der Waals surface area (Å²) in [5, 5.41) is 2.56. The molecule has 6 nitrogen and oxygen atoms in total. The maximum Gasteiger partial charge on any atom is 0.226 e. The predicted octanol–water partition coefficient (Wildman–Crippen LogP) is 0.504. The van der Waals surface area contributed by atoms with E-state index < -0.39 is 11.3 Å². The van der Waals surface area contributed by atoms with Crippen LogP contribution < -0.4 is 16.8 Å². The van der Waals surface area contributed by atoms with Gasteiger partial charge in [-0.25, -0.2) is 4.98 Å². The molecular formula is C11H16N4O2. The van der Waals surface area contributed by atoms with Crippen LogP contribution in [-0.4, -0.2) is 16.8 Å². The summed E-state index contributed by atoms with van der Waals surface area (Å²) in [5.41, 5.74) is 9.77. The number of amides is 2. The number of pyridine rings is 1. The number of nitrogens with zero attached hydrogens (tertiary/aromatic N) is 1. The quantitative estimate of drug-likeness (QED) is 0.706. The maximum atomic E-state index is 11.6. The number of carbonyl (C=O) groups excluding carboxylic acids is 2. The molecule has 0 aliphatic heterocycles. The largest absolute Gasteiger partial charge is 0.384 e. The number of nitrogens with two attached hydrogens (primary N) is 2. The number of anilines is 2. The Kier molecular flexibility index (Phi) is 3.67. The average molecular weight is 236 g/mol. The molecule has 0 aliphatic carbocycles. The van der Waals surface area contributed by atoms with Crippen molar-refractivity contribution in [1.29, 1.82) is 0 Å². The van der Waals surface area contributed by atoms with Crippen LogP contribution in [0.2, 0.25) is 0 Å². The first-order valence-corrected chi connectivity index (χ1v) is 5.13. The summed E-state index contributed by atoms with van der Waals surface area (Å²) in [5.74, 6) is -0.174. The molecule has 2 amide bonds. The molecule has 17 heavy (non-hydrogen) atoms. The Labute approximate surface area is 99.4 Å². The zero-order chi connectivity index (χ0) is 13.1. The van der Waals surface area contributed by atoms with Crippen LogP contribution in [0.4, 0.5) is 11.6 Å². The standard InChI is InChI=1S/C11H16N4O2/c1-11(2,10(13)17)6-9(16)15-8-5-3-4-7(12)14-8/h3-5H,6H2,1-2H3,(H2,13,17)(H3,12,14,15,16). The number of primary amides is 1. The SMILES string of the molecule is CC(C)(CC(=O)Nc1cccc(N)n1)C(N)=O. The van der Waals surface area contributed by atoms with Crippen molar-refractivity contribution >= 4 is 23.5 Å². The molecule has 1 rings (SSSR count). The highest BCUT2D eigenvalue weighted by Gasteiger charge is 2.28. The Morgan fingerprint density at radius 2 is 2.06 bits per heavy atom. The second kappa shape index (κ2) is 4.82. The molecule has 5 N–H and O–H groups in total. The number of aromatic nitrogens is 1. The van der Waals surface area contributed by atoms with Crippen LogP contribution in [0.15, 0.2) is 18.2 Å². The van der Waals surface area contributed by atoms with E-state index in [4.69, 9.17) is 11.5 Å². The number of hydrogen-bond donors (Lipinski definition) is 3. The highest BCUT2D eigenvalue weighted by Crippen LogP contribution is 2.20. The fraction of sp³-hybridized carbons (Fsp3) is 0.364. The third-order valence-electron chi connectivity index (χ3n) is 2.31. The van der Waals surface area contributed by atoms with Crippen molar-refractivity contribution in [3.63, 3.8) is 0 Å². The Bertz CT molecular complexity index is 443. The number of nitrogens with one attached hydrogen (secondary N) is 1. The zero-order valence-electron chi connectivity index (χ0n) is 9.86. The van der Waals surface area contributed by atoms with Gasteiger partial charge in [-0.3, -0.25) is 9.59 Å². The van der Waals surface area contributed by atoms with Crippen LogP contribution in [0.1, 0.15) is 20.3 Å². The first kappa shape index (κ1) is 13.0. The van der Waals surface area contributed by atoms with E-state index in [1.165, 1.54) is 0 Å². The highest BCUT2D eigenvalue weighted by atomic mass is 16.2. The Morgan fingerprint density at radius 3 is 2.59 bits per heavy atom. The van der Waals surface area contributed by atoms with Crippen molar-refractivity contribution in [2.24, 2.45) is 11.1 Å². The van der Waals surface area contributed by atoms with E-state index >= 15 is 0 Å². The van der Waals surface area contributed by atoms with Gasteiger partial charge in [-0.05, 0) is 12.1 Å². The number of carbonyl (C=O) groups is 2. The molecule has 1 heterocycles. The minimum Gasteiger partial charge on any atom is -0.384 e. The van der Waals surface area contributed by atoms with Crippen molar-refractivity contribution < 1.29 is 9.59 Å². The van der Waals surface area contributed by atoms with Crippen LogP contribution in [-0.2, 0) is 9.59 Å². The molecule has 6 heteroatoms. The Balaban J connectivity index is 2.65. The van der Waals surface area contributed by atoms with E-state index in [2.05, 4.69) is 10.3 Å². The summed E-state index contributed by atoms with van der Waals surface area (Å²) < 4.78 is 0. The van der Waals surface area contributed by atoms with Gasteiger partial charge in [0.2, 0.25) is 11.8 Å². The molecule has 92 valence electrons. The van der Waals surface area contributed by atoms with Gasteiger partial charge in [0.1, 0.15) is 11.6 Å². The van der Waals surface area contributed by atoms with Crippen molar-refractivity contribution in [2.45, 2.75) is 20.3 Å². The minimum atomic E-state index is -0.885. The van der Waals surface area contributed by atoms with E-state index in [9.17, 15) is 9.59 Å². The smallest absolute Gasteiger partial charge is 0.226 e. The molecule has 0 unspecified atom stereocenters. The predicted molar refractivity (Wildman–Crippen MR) is 64.9 cm³/mol. The third kappa shape index (κ3) is 3.75. The van der Waals surface area contributed by atoms with Gasteiger partial charge in [-0.15, -0.1) is 0 Å². The van der Waals surface area contributed by atoms with Gasteiger partial charge in [0.05, 0.1) is 5.41 Å². The molecule has 0 radical (unpaired) electrons. The maximum absolute atomic E-state index is 11.6. The molecule has 0 atom stereocenters. The van der Waals surface area contributed by atoms with Gasteiger partial charge < -0.3 is 16.8 Å². The summed E-state index contributed by atoms with van der Waals surface area (Å²) in [6.45, 7) is 3.23. The summed E-state index contributed by atoms with van der Waals surface area (Å²) in [6.07, 6.45) is -0.00118. The molecule has 0 spiro atoms. The van der Waals surface area contributed by atoms with Gasteiger partial charge in [0, 0.05) is 6.42 Å². The summed E-state index contributed by atoms with van der Waals surface area (Å²) in [7, 11) is 0. The van der Waals surface area contributed by atoms with Crippen molar-refractivity contribution in [3.05, 3.63) is 18.2 Å². The molecule has 0 fully saturated rings. The number of hydrogen-bond acceptors (Lipinski definition) is 4. The molecular weight excluding hydrogens is 220 g/mol. The first-order valence-electron chi connectivity index (χ1n) is 5.13. The zero-order valence-corrected chi connectivity index (χ0v) is 9.86. The summed E-state index contributed by atoms with van der Waals surface area (Å²) >= 11 is 0. The van der Waals surface area contributed by atoms with Crippen molar-refractivity contribution in [2.75, 3.05) is 11.1 Å². The topological polar surface area (TPSA) is 111 Å². The number of rotatable bonds is 4. The van der Waals surface area contributed by atoms with E-state index in [0.29, 0.717) is 11.6 Å². The Hall–Kier alpha value is -2.11. The fourth-order valence-corrected chi connectivity index (χ4v) is 1.20. The lowest BCUT2D eigenvalue weighted by atomic mass is 9.88. The average Bonchev–Trinajstić information content (AvgIpc) is 2.15. The third-order valence-corrected chi connectivity index (χ3v) is 2.31. The van der Waals surface area contributed by atoms with Crippen molar-refractivity contribution in [1.82, 2.24) is 4.98 Å². The van der Waals surface area contributed by atoms with Crippen LogP contribution in [0.25, 0.3) is 0 Å². The summed E-state index contributed by atoms with van der Waals surface area (Å²) in [4.78, 5) is 26.6. The second-order valence-corrected chi connectivity index (χ2v) is 4.42. The molecule has 0 saturated heterocycles. The lowest BCUT2D eigenvalue weighted by Gasteiger charge is -2.19. The van der Waals surface area contributed by atoms with Gasteiger partial charge in [0.25, 0.3) is 0 Å². The Morgan fingerprint density at radius 1 is 1.41 bits per heavy atom. The van der Waals surface area contributed by atoms with Gasteiger partial charge in [0.15, 0.2) is 0 Å². The van der Waals surface area contributed by atoms with E-state index in [-0.39, 0.29) is 12.3 Å². The molecule has 0 aliphatic rings. The molecule has 0 bridgehead atoms. The van der Waals surface area contributed by atoms with Crippen molar-refractivity contribution in [3.8, 4) is 0 Å². The molecule has 1 aromatic rings. The van der Waals surface area contributed by atoms with Gasteiger partial charge >= 0.3 is 0 Å². The van der Waals surface area contributed by atoms with Gasteiger partial charge in [-0.1, -0.05) is 19.9 Å². The lowest BCUT2D eigenvalue weighted by molar-refractivity contribution is -0.130. The minimum absolute atomic E-state index is 0.00118. The summed E-state index contributed by atoms with van der Waals surface area (Å²) in [6, 6.07) is 4.91. The van der Waals surface area contributed by atoms with Crippen LogP contribution >= 0.6 is 0 Å². The van der Waals surface area contributed by atoms with E-state index in [0.717, 1.165) is 0 Å². The molecule has 0 aromatic carbocycles. The lowest BCUT2D eigenvalue weighted by Crippen LogP contribution is -2.35. The fourth-order valence-electron chi connectivity index (χ4n) is 1.20. The first-order chi connectivity index (χ1) is 7.81. The van der Waals surface area contributed by atoms with Crippen LogP contribution in [0.5, 0.6) is 0 Å². The van der Waals surface area contributed by atoms with Crippen LogP contribution in [0, 0.1) is 5.41 Å². The van der Waals surface area contributed by atoms with E-state index in [1.807, 2.05) is 0 Å². The van der Waals surface area contributed by atoms with Gasteiger partial charge in [-0.2, -0.15) is 0 Å². The second-order valence-electron chi connectivity index (χ2n) is 4.42. The van der Waals surface area contributed by atoms with E-state index in [1.54, 1.807) is 32.0 Å².